The van der Waals surface area contributed by atoms with Gasteiger partial charge in [-0.25, -0.2) is 8.42 Å². The fourth-order valence-corrected chi connectivity index (χ4v) is 4.89. The molecule has 5 nitrogen and oxygen atoms in total. The van der Waals surface area contributed by atoms with Gasteiger partial charge in [0.2, 0.25) is 15.9 Å². The highest BCUT2D eigenvalue weighted by atomic mass is 79.9. The number of sulfonamides is 1. The van der Waals surface area contributed by atoms with Gasteiger partial charge in [0.15, 0.2) is 0 Å². The minimum absolute atomic E-state index is 0.178. The molecule has 1 unspecified atom stereocenters. The van der Waals surface area contributed by atoms with E-state index in [-0.39, 0.29) is 29.9 Å². The third-order valence-electron chi connectivity index (χ3n) is 4.94. The first-order chi connectivity index (χ1) is 14.9. The van der Waals surface area contributed by atoms with E-state index < -0.39 is 10.0 Å². The topological polar surface area (TPSA) is 66.5 Å². The Labute approximate surface area is 192 Å². The molecule has 0 aliphatic rings. The summed E-state index contributed by atoms with van der Waals surface area (Å²) in [5.74, 6) is -0.344. The summed E-state index contributed by atoms with van der Waals surface area (Å²) in [6.45, 7) is 1.84. The highest BCUT2D eigenvalue weighted by molar-refractivity contribution is 9.10. The van der Waals surface area contributed by atoms with Gasteiger partial charge >= 0.3 is 0 Å². The van der Waals surface area contributed by atoms with E-state index in [1.54, 1.807) is 30.3 Å². The Morgan fingerprint density at radius 2 is 1.52 bits per heavy atom. The van der Waals surface area contributed by atoms with Crippen molar-refractivity contribution in [1.29, 1.82) is 0 Å². The Morgan fingerprint density at radius 3 is 2.13 bits per heavy atom. The molecule has 31 heavy (non-hydrogen) atoms. The van der Waals surface area contributed by atoms with E-state index in [2.05, 4.69) is 21.2 Å². The number of hydrogen-bond acceptors (Lipinski definition) is 3. The number of amides is 1. The first-order valence-corrected chi connectivity index (χ1v) is 12.2. The Hall–Kier alpha value is -2.48. The van der Waals surface area contributed by atoms with E-state index in [0.29, 0.717) is 6.42 Å². The molecule has 162 valence electrons. The third-order valence-corrected chi connectivity index (χ3v) is 7.33. The standard InChI is InChI=1S/C24H25BrN2O3S/c1-19(21-12-14-22(25)15-13-21)26-24(28)18-27(17-16-20-8-4-2-5-9-20)31(29,30)23-10-6-3-7-11-23/h2-15,19H,16-18H2,1H3,(H,26,28). The summed E-state index contributed by atoms with van der Waals surface area (Å²) in [6.07, 6.45) is 0.516. The van der Waals surface area contributed by atoms with Gasteiger partial charge in [-0.3, -0.25) is 4.79 Å². The van der Waals surface area contributed by atoms with Crippen LogP contribution in [0, 0.1) is 0 Å². The van der Waals surface area contributed by atoms with Crippen molar-refractivity contribution in [3.8, 4) is 0 Å². The van der Waals surface area contributed by atoms with E-state index in [4.69, 9.17) is 0 Å². The second kappa shape index (κ2) is 10.7. The number of benzene rings is 3. The number of carbonyl (C=O) groups excluding carboxylic acids is 1. The van der Waals surface area contributed by atoms with Gasteiger partial charge in [-0.15, -0.1) is 0 Å². The summed E-state index contributed by atoms with van der Waals surface area (Å²) in [4.78, 5) is 12.9. The van der Waals surface area contributed by atoms with Crippen LogP contribution in [0.4, 0.5) is 0 Å². The molecule has 3 rings (SSSR count). The van der Waals surface area contributed by atoms with Gasteiger partial charge in [0.05, 0.1) is 17.5 Å². The fourth-order valence-electron chi connectivity index (χ4n) is 3.21. The molecule has 1 atom stereocenters. The lowest BCUT2D eigenvalue weighted by Crippen LogP contribution is -2.42. The molecule has 0 aliphatic carbocycles. The molecule has 0 heterocycles. The molecule has 0 saturated heterocycles. The second-order valence-electron chi connectivity index (χ2n) is 7.23. The molecule has 0 aromatic heterocycles. The molecule has 7 heteroatoms. The van der Waals surface area contributed by atoms with Crippen molar-refractivity contribution < 1.29 is 13.2 Å². The first-order valence-electron chi connectivity index (χ1n) is 10.0. The van der Waals surface area contributed by atoms with Gasteiger partial charge in [0.1, 0.15) is 0 Å². The van der Waals surface area contributed by atoms with Crippen molar-refractivity contribution in [3.05, 3.63) is 101 Å². The average molecular weight is 501 g/mol. The summed E-state index contributed by atoms with van der Waals surface area (Å²) >= 11 is 3.40. The SMILES string of the molecule is CC(NC(=O)CN(CCc1ccccc1)S(=O)(=O)c1ccccc1)c1ccc(Br)cc1. The summed E-state index contributed by atoms with van der Waals surface area (Å²) < 4.78 is 28.6. The molecule has 0 saturated carbocycles. The quantitative estimate of drug-likeness (QED) is 0.468. The van der Waals surface area contributed by atoms with Crippen molar-refractivity contribution in [1.82, 2.24) is 9.62 Å². The van der Waals surface area contributed by atoms with Crippen molar-refractivity contribution in [2.45, 2.75) is 24.3 Å². The molecular weight excluding hydrogens is 476 g/mol. The molecule has 0 aliphatic heterocycles. The summed E-state index contributed by atoms with van der Waals surface area (Å²) in [7, 11) is -3.81. The molecule has 3 aromatic carbocycles. The van der Waals surface area contributed by atoms with Crippen molar-refractivity contribution in [2.24, 2.45) is 0 Å². The van der Waals surface area contributed by atoms with Crippen LogP contribution in [0.1, 0.15) is 24.1 Å². The number of hydrogen-bond donors (Lipinski definition) is 1. The molecule has 1 N–H and O–H groups in total. The highest BCUT2D eigenvalue weighted by Crippen LogP contribution is 2.18. The van der Waals surface area contributed by atoms with E-state index in [0.717, 1.165) is 15.6 Å². The van der Waals surface area contributed by atoms with Crippen molar-refractivity contribution in [3.63, 3.8) is 0 Å². The average Bonchev–Trinajstić information content (AvgIpc) is 2.78. The predicted molar refractivity (Wildman–Crippen MR) is 126 cm³/mol. The van der Waals surface area contributed by atoms with Gasteiger partial charge in [-0.1, -0.05) is 76.6 Å². The Balaban J connectivity index is 1.75. The maximum atomic E-state index is 13.2. The predicted octanol–water partition coefficient (Wildman–Crippen LogP) is 4.56. The summed E-state index contributed by atoms with van der Waals surface area (Å²) in [6, 6.07) is 25.3. The van der Waals surface area contributed by atoms with Crippen LogP contribution in [-0.4, -0.2) is 31.7 Å². The normalized spacial score (nSPS) is 12.5. The van der Waals surface area contributed by atoms with E-state index >= 15 is 0 Å². The zero-order valence-corrected chi connectivity index (χ0v) is 19.6. The second-order valence-corrected chi connectivity index (χ2v) is 10.1. The Kier molecular flexibility index (Phi) is 8.01. The third kappa shape index (κ3) is 6.50. The van der Waals surface area contributed by atoms with Gasteiger partial charge < -0.3 is 5.32 Å². The molecule has 3 aromatic rings. The maximum absolute atomic E-state index is 13.2. The van der Waals surface area contributed by atoms with Crippen LogP contribution in [0.2, 0.25) is 0 Å². The van der Waals surface area contributed by atoms with E-state index in [9.17, 15) is 13.2 Å². The minimum Gasteiger partial charge on any atom is -0.348 e. The molecule has 0 radical (unpaired) electrons. The summed E-state index contributed by atoms with van der Waals surface area (Å²) in [5, 5.41) is 2.91. The smallest absolute Gasteiger partial charge is 0.243 e. The Bertz CT molecular complexity index is 1090. The molecule has 0 bridgehead atoms. The number of halogens is 1. The number of nitrogens with zero attached hydrogens (tertiary/aromatic N) is 1. The van der Waals surface area contributed by atoms with Gasteiger partial charge in [0, 0.05) is 11.0 Å². The van der Waals surface area contributed by atoms with Crippen LogP contribution in [-0.2, 0) is 21.2 Å². The van der Waals surface area contributed by atoms with Crippen LogP contribution in [0.3, 0.4) is 0 Å². The lowest BCUT2D eigenvalue weighted by atomic mass is 10.1. The van der Waals surface area contributed by atoms with Gasteiger partial charge in [-0.2, -0.15) is 4.31 Å². The number of nitrogens with one attached hydrogen (secondary N) is 1. The van der Waals surface area contributed by atoms with Crippen LogP contribution in [0.25, 0.3) is 0 Å². The lowest BCUT2D eigenvalue weighted by Gasteiger charge is -2.23. The van der Waals surface area contributed by atoms with Crippen molar-refractivity contribution >= 4 is 31.9 Å². The Morgan fingerprint density at radius 1 is 0.935 bits per heavy atom. The van der Waals surface area contributed by atoms with E-state index in [1.807, 2.05) is 61.5 Å². The zero-order valence-electron chi connectivity index (χ0n) is 17.2. The number of rotatable bonds is 9. The monoisotopic (exact) mass is 500 g/mol. The van der Waals surface area contributed by atoms with Crippen LogP contribution in [0.15, 0.2) is 94.3 Å². The number of carbonyl (C=O) groups is 1. The minimum atomic E-state index is -3.81. The van der Waals surface area contributed by atoms with Crippen LogP contribution in [0.5, 0.6) is 0 Å². The fraction of sp³-hybridized carbons (Fsp3) is 0.208. The molecular formula is C24H25BrN2O3S. The highest BCUT2D eigenvalue weighted by Gasteiger charge is 2.26. The van der Waals surface area contributed by atoms with Gasteiger partial charge in [0.25, 0.3) is 0 Å². The van der Waals surface area contributed by atoms with E-state index in [1.165, 1.54) is 4.31 Å². The maximum Gasteiger partial charge on any atom is 0.243 e. The lowest BCUT2D eigenvalue weighted by molar-refractivity contribution is -0.121. The zero-order chi connectivity index (χ0) is 22.3. The largest absolute Gasteiger partial charge is 0.348 e. The first kappa shape index (κ1) is 23.2. The van der Waals surface area contributed by atoms with Crippen molar-refractivity contribution in [2.75, 3.05) is 13.1 Å². The van der Waals surface area contributed by atoms with Gasteiger partial charge in [-0.05, 0) is 48.7 Å². The van der Waals surface area contributed by atoms with Crippen LogP contribution >= 0.6 is 15.9 Å². The molecule has 0 spiro atoms. The summed E-state index contributed by atoms with van der Waals surface area (Å²) in [5.41, 5.74) is 1.96. The molecule has 1 amide bonds. The van der Waals surface area contributed by atoms with Crippen LogP contribution < -0.4 is 5.32 Å². The molecule has 0 fully saturated rings.